The van der Waals surface area contributed by atoms with Gasteiger partial charge in [-0.05, 0) is 30.2 Å². The second-order valence-electron chi connectivity index (χ2n) is 6.15. The standard InChI is InChI=1S/C20H23NO7S/c1-3-26-19(22)18(21-20(23)27-14-16-7-5-4-6-8-16)13-15-9-11-17(12-10-15)28-29(2,24)25/h4-12,18H,3,13-14H2,1-2H3,(H,21,23)/t18-/m0/s1. The summed E-state index contributed by atoms with van der Waals surface area (Å²) in [7, 11) is -3.63. The van der Waals surface area contributed by atoms with Gasteiger partial charge in [0.25, 0.3) is 0 Å². The van der Waals surface area contributed by atoms with E-state index in [9.17, 15) is 18.0 Å². The van der Waals surface area contributed by atoms with E-state index in [1.165, 1.54) is 12.1 Å². The molecule has 2 aromatic rings. The van der Waals surface area contributed by atoms with Gasteiger partial charge in [-0.1, -0.05) is 42.5 Å². The SMILES string of the molecule is CCOC(=O)[C@H](Cc1ccc(OS(C)(=O)=O)cc1)NC(=O)OCc1ccccc1. The van der Waals surface area contributed by atoms with Crippen LogP contribution in [0, 0.1) is 0 Å². The minimum Gasteiger partial charge on any atom is -0.464 e. The van der Waals surface area contributed by atoms with Crippen LogP contribution in [-0.2, 0) is 37.4 Å². The van der Waals surface area contributed by atoms with Crippen molar-refractivity contribution in [3.63, 3.8) is 0 Å². The molecule has 2 aromatic carbocycles. The number of nitrogens with one attached hydrogen (secondary N) is 1. The van der Waals surface area contributed by atoms with Gasteiger partial charge >= 0.3 is 22.2 Å². The number of ether oxygens (including phenoxy) is 2. The number of amides is 1. The monoisotopic (exact) mass is 421 g/mol. The molecule has 0 radical (unpaired) electrons. The highest BCUT2D eigenvalue weighted by molar-refractivity contribution is 7.86. The van der Waals surface area contributed by atoms with E-state index in [0.29, 0.717) is 5.56 Å². The van der Waals surface area contributed by atoms with Crippen LogP contribution in [0.1, 0.15) is 18.1 Å². The summed E-state index contributed by atoms with van der Waals surface area (Å²) in [6.45, 7) is 1.90. The number of hydrogen-bond donors (Lipinski definition) is 1. The topological polar surface area (TPSA) is 108 Å². The Labute approximate surface area is 169 Å². The lowest BCUT2D eigenvalue weighted by Gasteiger charge is -2.17. The zero-order valence-corrected chi connectivity index (χ0v) is 17.0. The van der Waals surface area contributed by atoms with E-state index < -0.39 is 28.2 Å². The quantitative estimate of drug-likeness (QED) is 0.489. The summed E-state index contributed by atoms with van der Waals surface area (Å²) >= 11 is 0. The average Bonchev–Trinajstić information content (AvgIpc) is 2.67. The van der Waals surface area contributed by atoms with Crippen molar-refractivity contribution < 1.29 is 31.7 Å². The van der Waals surface area contributed by atoms with Crippen LogP contribution in [0.5, 0.6) is 5.75 Å². The molecular weight excluding hydrogens is 398 g/mol. The molecule has 1 N–H and O–H groups in total. The van der Waals surface area contributed by atoms with Gasteiger partial charge in [-0.25, -0.2) is 9.59 Å². The first-order valence-corrected chi connectivity index (χ1v) is 10.7. The van der Waals surface area contributed by atoms with Crippen LogP contribution in [0.3, 0.4) is 0 Å². The fraction of sp³-hybridized carbons (Fsp3) is 0.300. The Morgan fingerprint density at radius 2 is 1.62 bits per heavy atom. The van der Waals surface area contributed by atoms with Crippen LogP contribution in [0.4, 0.5) is 4.79 Å². The lowest BCUT2D eigenvalue weighted by molar-refractivity contribution is -0.145. The highest BCUT2D eigenvalue weighted by atomic mass is 32.2. The van der Waals surface area contributed by atoms with Gasteiger partial charge in [0.1, 0.15) is 18.4 Å². The number of carbonyl (C=O) groups is 2. The molecule has 0 fully saturated rings. The molecule has 29 heavy (non-hydrogen) atoms. The van der Waals surface area contributed by atoms with Crippen molar-refractivity contribution in [3.8, 4) is 5.75 Å². The summed E-state index contributed by atoms with van der Waals surface area (Å²) in [5.41, 5.74) is 1.49. The number of alkyl carbamates (subject to hydrolysis) is 1. The van der Waals surface area contributed by atoms with E-state index in [1.54, 1.807) is 19.1 Å². The number of esters is 1. The highest BCUT2D eigenvalue weighted by Crippen LogP contribution is 2.15. The van der Waals surface area contributed by atoms with Gasteiger partial charge in [0.15, 0.2) is 0 Å². The van der Waals surface area contributed by atoms with Gasteiger partial charge in [-0.15, -0.1) is 0 Å². The lowest BCUT2D eigenvalue weighted by Crippen LogP contribution is -2.43. The first kappa shape index (κ1) is 22.2. The number of carbonyl (C=O) groups excluding carboxylic acids is 2. The molecule has 0 saturated heterocycles. The van der Waals surface area contributed by atoms with Crippen molar-refractivity contribution >= 4 is 22.2 Å². The molecule has 0 spiro atoms. The fourth-order valence-corrected chi connectivity index (χ4v) is 2.90. The van der Waals surface area contributed by atoms with Crippen LogP contribution in [0.15, 0.2) is 54.6 Å². The molecule has 1 atom stereocenters. The van der Waals surface area contributed by atoms with Gasteiger partial charge in [0, 0.05) is 6.42 Å². The summed E-state index contributed by atoms with van der Waals surface area (Å²) < 4.78 is 37.3. The zero-order valence-electron chi connectivity index (χ0n) is 16.2. The van der Waals surface area contributed by atoms with Crippen LogP contribution < -0.4 is 9.50 Å². The zero-order chi connectivity index (χ0) is 21.3. The van der Waals surface area contributed by atoms with Gasteiger partial charge in [-0.2, -0.15) is 8.42 Å². The minimum atomic E-state index is -3.63. The number of benzene rings is 2. The average molecular weight is 421 g/mol. The highest BCUT2D eigenvalue weighted by Gasteiger charge is 2.23. The van der Waals surface area contributed by atoms with Crippen LogP contribution >= 0.6 is 0 Å². The molecular formula is C20H23NO7S. The van der Waals surface area contributed by atoms with Crippen LogP contribution in [0.25, 0.3) is 0 Å². The Kier molecular flexibility index (Phi) is 8.02. The summed E-state index contributed by atoms with van der Waals surface area (Å²) in [6, 6.07) is 14.3. The molecule has 1 amide bonds. The third kappa shape index (κ3) is 8.22. The molecule has 0 aliphatic carbocycles. The van der Waals surface area contributed by atoms with E-state index in [0.717, 1.165) is 11.8 Å². The number of rotatable bonds is 9. The lowest BCUT2D eigenvalue weighted by atomic mass is 10.1. The van der Waals surface area contributed by atoms with Crippen molar-refractivity contribution in [1.29, 1.82) is 0 Å². The second kappa shape index (κ2) is 10.5. The molecule has 2 rings (SSSR count). The van der Waals surface area contributed by atoms with Crippen molar-refractivity contribution in [2.24, 2.45) is 0 Å². The smallest absolute Gasteiger partial charge is 0.408 e. The molecule has 0 aliphatic heterocycles. The van der Waals surface area contributed by atoms with E-state index in [2.05, 4.69) is 5.32 Å². The van der Waals surface area contributed by atoms with E-state index in [1.807, 2.05) is 30.3 Å². The molecule has 0 aliphatic rings. The Bertz CT molecular complexity index is 912. The third-order valence-electron chi connectivity index (χ3n) is 3.69. The van der Waals surface area contributed by atoms with E-state index >= 15 is 0 Å². The maximum atomic E-state index is 12.2. The van der Waals surface area contributed by atoms with E-state index in [4.69, 9.17) is 13.7 Å². The normalized spacial score (nSPS) is 11.9. The fourth-order valence-electron chi connectivity index (χ4n) is 2.43. The summed E-state index contributed by atoms with van der Waals surface area (Å²) in [4.78, 5) is 24.3. The molecule has 0 heterocycles. The molecule has 0 saturated carbocycles. The summed E-state index contributed by atoms with van der Waals surface area (Å²) in [5, 5.41) is 2.51. The van der Waals surface area contributed by atoms with Crippen LogP contribution in [-0.4, -0.2) is 39.4 Å². The largest absolute Gasteiger partial charge is 0.464 e. The molecule has 9 heteroatoms. The molecule has 0 aromatic heterocycles. The summed E-state index contributed by atoms with van der Waals surface area (Å²) in [5.74, 6) is -0.445. The molecule has 8 nitrogen and oxygen atoms in total. The van der Waals surface area contributed by atoms with Gasteiger partial charge < -0.3 is 19.0 Å². The molecule has 156 valence electrons. The predicted octanol–water partition coefficient (Wildman–Crippen LogP) is 2.43. The predicted molar refractivity (Wildman–Crippen MR) is 106 cm³/mol. The second-order valence-corrected chi connectivity index (χ2v) is 7.72. The Balaban J connectivity index is 2.00. The van der Waals surface area contributed by atoms with Gasteiger partial charge in [-0.3, -0.25) is 0 Å². The van der Waals surface area contributed by atoms with Gasteiger partial charge in [0.2, 0.25) is 0 Å². The maximum absolute atomic E-state index is 12.2. The van der Waals surface area contributed by atoms with Crippen molar-refractivity contribution in [2.45, 2.75) is 26.0 Å². The third-order valence-corrected chi connectivity index (χ3v) is 4.18. The number of hydrogen-bond acceptors (Lipinski definition) is 7. The van der Waals surface area contributed by atoms with Gasteiger partial charge in [0.05, 0.1) is 12.9 Å². The maximum Gasteiger partial charge on any atom is 0.408 e. The minimum absolute atomic E-state index is 0.0692. The van der Waals surface area contributed by atoms with Crippen molar-refractivity contribution in [1.82, 2.24) is 5.32 Å². The van der Waals surface area contributed by atoms with Crippen molar-refractivity contribution in [2.75, 3.05) is 12.9 Å². The first-order chi connectivity index (χ1) is 13.8. The molecule has 0 bridgehead atoms. The molecule has 0 unspecified atom stereocenters. The van der Waals surface area contributed by atoms with Crippen LogP contribution in [0.2, 0.25) is 0 Å². The first-order valence-electron chi connectivity index (χ1n) is 8.89. The van der Waals surface area contributed by atoms with E-state index in [-0.39, 0.29) is 25.4 Å². The van der Waals surface area contributed by atoms with Crippen molar-refractivity contribution in [3.05, 3.63) is 65.7 Å². The Morgan fingerprint density at radius 1 is 0.966 bits per heavy atom. The summed E-state index contributed by atoms with van der Waals surface area (Å²) in [6.07, 6.45) is 0.338. The Morgan fingerprint density at radius 3 is 2.21 bits per heavy atom. The Hall–Kier alpha value is -3.07.